The summed E-state index contributed by atoms with van der Waals surface area (Å²) in [5.74, 6) is -0.187. The van der Waals surface area contributed by atoms with E-state index in [0.29, 0.717) is 6.42 Å². The molecule has 0 amide bonds. The number of rotatable bonds is 1. The van der Waals surface area contributed by atoms with Gasteiger partial charge in [-0.25, -0.2) is 0 Å². The Labute approximate surface area is 53.8 Å². The number of carbonyl (C=O) groups excluding carboxylic acids is 1. The normalized spacial score (nSPS) is 17.0. The Hall–Kier alpha value is -1.05. The molecule has 0 aromatic heterocycles. The van der Waals surface area contributed by atoms with E-state index in [0.717, 1.165) is 11.1 Å². The molecule has 48 valence electrons. The topological polar surface area (TPSA) is 26.3 Å². The molecule has 2 heteroatoms. The van der Waals surface area contributed by atoms with Crippen LogP contribution in [0.2, 0.25) is 0 Å². The number of hydrogen-bond donors (Lipinski definition) is 0. The molecule has 0 saturated heterocycles. The average molecular weight is 124 g/mol. The largest absolute Gasteiger partial charge is 0.434 e. The van der Waals surface area contributed by atoms with E-state index in [4.69, 9.17) is 0 Å². The summed E-state index contributed by atoms with van der Waals surface area (Å²) in [6.45, 7) is 5.53. The molecule has 1 heterocycles. The highest BCUT2D eigenvalue weighted by Gasteiger charge is 2.13. The summed E-state index contributed by atoms with van der Waals surface area (Å²) < 4.78 is 4.56. The second-order valence-electron chi connectivity index (χ2n) is 2.09. The Morgan fingerprint density at radius 2 is 2.56 bits per heavy atom. The highest BCUT2D eigenvalue weighted by Crippen LogP contribution is 2.17. The maximum Gasteiger partial charge on any atom is 0.315 e. The minimum atomic E-state index is -0.187. The van der Waals surface area contributed by atoms with Crippen LogP contribution in [0.3, 0.4) is 0 Å². The van der Waals surface area contributed by atoms with E-state index in [9.17, 15) is 4.79 Å². The summed E-state index contributed by atoms with van der Waals surface area (Å²) in [7, 11) is 0. The van der Waals surface area contributed by atoms with Crippen LogP contribution in [0.15, 0.2) is 24.0 Å². The van der Waals surface area contributed by atoms with Gasteiger partial charge in [0.25, 0.3) is 0 Å². The van der Waals surface area contributed by atoms with Gasteiger partial charge in [0.1, 0.15) is 0 Å². The minimum Gasteiger partial charge on any atom is -0.434 e. The number of carbonyl (C=O) groups is 1. The second kappa shape index (κ2) is 2.05. The fourth-order valence-electron chi connectivity index (χ4n) is 0.627. The summed E-state index contributed by atoms with van der Waals surface area (Å²) in [5.41, 5.74) is 1.81. The fourth-order valence-corrected chi connectivity index (χ4v) is 0.627. The van der Waals surface area contributed by atoms with Gasteiger partial charge in [-0.15, -0.1) is 0 Å². The first kappa shape index (κ1) is 6.08. The Bertz CT molecular complexity index is 189. The second-order valence-corrected chi connectivity index (χ2v) is 2.09. The van der Waals surface area contributed by atoms with Crippen LogP contribution < -0.4 is 0 Å². The molecule has 1 rings (SSSR count). The molecule has 1 aliphatic heterocycles. The molecule has 0 bridgehead atoms. The molecule has 0 aromatic carbocycles. The van der Waals surface area contributed by atoms with E-state index in [1.807, 2.05) is 6.92 Å². The van der Waals surface area contributed by atoms with Crippen molar-refractivity contribution in [2.75, 3.05) is 0 Å². The van der Waals surface area contributed by atoms with Crippen molar-refractivity contribution >= 4 is 5.97 Å². The summed E-state index contributed by atoms with van der Waals surface area (Å²) in [5, 5.41) is 0. The number of cyclic esters (lactones) is 1. The van der Waals surface area contributed by atoms with Crippen LogP contribution in [0.4, 0.5) is 0 Å². The van der Waals surface area contributed by atoms with Gasteiger partial charge in [-0.05, 0) is 6.92 Å². The summed E-state index contributed by atoms with van der Waals surface area (Å²) in [4.78, 5) is 10.4. The van der Waals surface area contributed by atoms with E-state index in [2.05, 4.69) is 11.3 Å². The fraction of sp³-hybridized carbons (Fsp3) is 0.286. The molecule has 0 unspecified atom stereocenters. The molecule has 0 aromatic rings. The van der Waals surface area contributed by atoms with Crippen LogP contribution in [0, 0.1) is 0 Å². The SMILES string of the molecule is C=C(C)C1=COC(=O)C1. The summed E-state index contributed by atoms with van der Waals surface area (Å²) in [6.07, 6.45) is 1.85. The van der Waals surface area contributed by atoms with Crippen molar-refractivity contribution in [3.63, 3.8) is 0 Å². The molecule has 0 radical (unpaired) electrons. The van der Waals surface area contributed by atoms with Crippen molar-refractivity contribution in [2.45, 2.75) is 13.3 Å². The molecule has 1 aliphatic rings. The molecular formula is C7H8O2. The monoisotopic (exact) mass is 124 g/mol. The molecule has 0 fully saturated rings. The molecule has 0 N–H and O–H groups in total. The molecule has 9 heavy (non-hydrogen) atoms. The van der Waals surface area contributed by atoms with Gasteiger partial charge in [-0.3, -0.25) is 4.79 Å². The lowest BCUT2D eigenvalue weighted by molar-refractivity contribution is -0.135. The van der Waals surface area contributed by atoms with Gasteiger partial charge < -0.3 is 4.74 Å². The van der Waals surface area contributed by atoms with Gasteiger partial charge in [0.15, 0.2) is 0 Å². The maximum atomic E-state index is 10.4. The van der Waals surface area contributed by atoms with E-state index in [-0.39, 0.29) is 5.97 Å². The number of esters is 1. The molecule has 0 saturated carbocycles. The first-order valence-electron chi connectivity index (χ1n) is 2.74. The number of ether oxygens (including phenoxy) is 1. The summed E-state index contributed by atoms with van der Waals surface area (Å²) >= 11 is 0. The van der Waals surface area contributed by atoms with E-state index in [1.165, 1.54) is 6.26 Å². The van der Waals surface area contributed by atoms with Crippen LogP contribution in [0.1, 0.15) is 13.3 Å². The van der Waals surface area contributed by atoms with Crippen LogP contribution in [0.5, 0.6) is 0 Å². The maximum absolute atomic E-state index is 10.4. The van der Waals surface area contributed by atoms with Crippen LogP contribution >= 0.6 is 0 Å². The third-order valence-corrected chi connectivity index (χ3v) is 1.22. The van der Waals surface area contributed by atoms with E-state index < -0.39 is 0 Å². The van der Waals surface area contributed by atoms with E-state index >= 15 is 0 Å². The first-order chi connectivity index (χ1) is 4.20. The van der Waals surface area contributed by atoms with Gasteiger partial charge in [0, 0.05) is 5.57 Å². The summed E-state index contributed by atoms with van der Waals surface area (Å²) in [6, 6.07) is 0. The van der Waals surface area contributed by atoms with Crippen LogP contribution in [-0.2, 0) is 9.53 Å². The van der Waals surface area contributed by atoms with Gasteiger partial charge in [0.05, 0.1) is 12.7 Å². The highest BCUT2D eigenvalue weighted by molar-refractivity contribution is 5.77. The van der Waals surface area contributed by atoms with Crippen LogP contribution in [0.25, 0.3) is 0 Å². The predicted molar refractivity (Wildman–Crippen MR) is 33.6 cm³/mol. The van der Waals surface area contributed by atoms with Gasteiger partial charge in [-0.1, -0.05) is 12.2 Å². The third kappa shape index (κ3) is 1.19. The van der Waals surface area contributed by atoms with Crippen molar-refractivity contribution in [2.24, 2.45) is 0 Å². The van der Waals surface area contributed by atoms with Crippen molar-refractivity contribution in [3.05, 3.63) is 24.0 Å². The lowest BCUT2D eigenvalue weighted by atomic mass is 10.1. The van der Waals surface area contributed by atoms with Gasteiger partial charge >= 0.3 is 5.97 Å². The van der Waals surface area contributed by atoms with Crippen LogP contribution in [-0.4, -0.2) is 5.97 Å². The smallest absolute Gasteiger partial charge is 0.315 e. The highest BCUT2D eigenvalue weighted by atomic mass is 16.5. The molecule has 2 nitrogen and oxygen atoms in total. The van der Waals surface area contributed by atoms with Crippen molar-refractivity contribution < 1.29 is 9.53 Å². The quantitative estimate of drug-likeness (QED) is 0.494. The lowest BCUT2D eigenvalue weighted by Gasteiger charge is -1.90. The van der Waals surface area contributed by atoms with Gasteiger partial charge in [-0.2, -0.15) is 0 Å². The van der Waals surface area contributed by atoms with Crippen molar-refractivity contribution in [1.29, 1.82) is 0 Å². The minimum absolute atomic E-state index is 0.187. The number of hydrogen-bond acceptors (Lipinski definition) is 2. The zero-order chi connectivity index (χ0) is 6.85. The standard InChI is InChI=1S/C7H8O2/c1-5(2)6-3-7(8)9-4-6/h4H,1,3H2,2H3. The molecule has 0 spiro atoms. The molecule has 0 aliphatic carbocycles. The Morgan fingerprint density at radius 1 is 1.89 bits per heavy atom. The third-order valence-electron chi connectivity index (χ3n) is 1.22. The molecular weight excluding hydrogens is 116 g/mol. The predicted octanol–water partition coefficient (Wildman–Crippen LogP) is 1.39. The Balaban J connectivity index is 2.65. The molecule has 0 atom stereocenters. The van der Waals surface area contributed by atoms with Crippen molar-refractivity contribution in [3.8, 4) is 0 Å². The zero-order valence-corrected chi connectivity index (χ0v) is 5.31. The lowest BCUT2D eigenvalue weighted by Crippen LogP contribution is -1.90. The average Bonchev–Trinajstić information content (AvgIpc) is 2.14. The van der Waals surface area contributed by atoms with E-state index in [1.54, 1.807) is 0 Å². The Kier molecular flexibility index (Phi) is 1.39. The zero-order valence-electron chi connectivity index (χ0n) is 5.31. The Morgan fingerprint density at radius 3 is 2.78 bits per heavy atom. The number of allylic oxidation sites excluding steroid dienone is 1. The van der Waals surface area contributed by atoms with Gasteiger partial charge in [0.2, 0.25) is 0 Å². The first-order valence-corrected chi connectivity index (χ1v) is 2.74. The van der Waals surface area contributed by atoms with Crippen molar-refractivity contribution in [1.82, 2.24) is 0 Å².